The molecule has 0 amide bonds. The SMILES string of the molecule is Cc1ccc2c(c1C)OCCC2NCCCN1CCOCC1. The van der Waals surface area contributed by atoms with Gasteiger partial charge in [0, 0.05) is 31.1 Å². The van der Waals surface area contributed by atoms with Crippen LogP contribution in [-0.4, -0.2) is 50.9 Å². The molecular formula is C18H28N2O2. The maximum Gasteiger partial charge on any atom is 0.127 e. The Hall–Kier alpha value is -1.10. The van der Waals surface area contributed by atoms with Gasteiger partial charge < -0.3 is 14.8 Å². The minimum absolute atomic E-state index is 0.438. The predicted octanol–water partition coefficient (Wildman–Crippen LogP) is 2.44. The molecule has 22 heavy (non-hydrogen) atoms. The van der Waals surface area contributed by atoms with Gasteiger partial charge in [0.15, 0.2) is 0 Å². The van der Waals surface area contributed by atoms with E-state index in [0.29, 0.717) is 6.04 Å². The molecule has 0 spiro atoms. The molecule has 1 aromatic carbocycles. The Balaban J connectivity index is 1.51. The summed E-state index contributed by atoms with van der Waals surface area (Å²) in [7, 11) is 0. The zero-order chi connectivity index (χ0) is 15.4. The number of rotatable bonds is 5. The fraction of sp³-hybridized carbons (Fsp3) is 0.667. The molecule has 0 radical (unpaired) electrons. The highest BCUT2D eigenvalue weighted by molar-refractivity contribution is 5.47. The van der Waals surface area contributed by atoms with Crippen LogP contribution in [0.2, 0.25) is 0 Å². The molecule has 1 N–H and O–H groups in total. The number of nitrogens with one attached hydrogen (secondary N) is 1. The normalized spacial score (nSPS) is 22.2. The van der Waals surface area contributed by atoms with Crippen LogP contribution in [0.5, 0.6) is 5.75 Å². The molecule has 1 fully saturated rings. The molecule has 0 aromatic heterocycles. The van der Waals surface area contributed by atoms with E-state index in [1.54, 1.807) is 0 Å². The van der Waals surface area contributed by atoms with Gasteiger partial charge in [0.1, 0.15) is 5.75 Å². The van der Waals surface area contributed by atoms with Crippen LogP contribution in [0.3, 0.4) is 0 Å². The van der Waals surface area contributed by atoms with Gasteiger partial charge in [-0.3, -0.25) is 4.90 Å². The molecule has 1 saturated heterocycles. The maximum atomic E-state index is 5.90. The first-order valence-electron chi connectivity index (χ1n) is 8.52. The van der Waals surface area contributed by atoms with Gasteiger partial charge in [0.05, 0.1) is 19.8 Å². The molecule has 3 rings (SSSR count). The van der Waals surface area contributed by atoms with Gasteiger partial charge in [0.25, 0.3) is 0 Å². The summed E-state index contributed by atoms with van der Waals surface area (Å²) in [4.78, 5) is 2.50. The van der Waals surface area contributed by atoms with E-state index in [0.717, 1.165) is 51.6 Å². The molecule has 1 unspecified atom stereocenters. The summed E-state index contributed by atoms with van der Waals surface area (Å²) in [5.74, 6) is 1.11. The van der Waals surface area contributed by atoms with Gasteiger partial charge in [-0.1, -0.05) is 12.1 Å². The molecule has 122 valence electrons. The molecule has 1 aromatic rings. The Morgan fingerprint density at radius 2 is 2.00 bits per heavy atom. The second kappa shape index (κ2) is 7.44. The van der Waals surface area contributed by atoms with Gasteiger partial charge >= 0.3 is 0 Å². The quantitative estimate of drug-likeness (QED) is 0.847. The number of benzene rings is 1. The Labute approximate surface area is 133 Å². The third kappa shape index (κ3) is 3.62. The highest BCUT2D eigenvalue weighted by Gasteiger charge is 2.22. The maximum absolute atomic E-state index is 5.90. The summed E-state index contributed by atoms with van der Waals surface area (Å²) >= 11 is 0. The Bertz CT molecular complexity index is 498. The van der Waals surface area contributed by atoms with Gasteiger partial charge in [-0.2, -0.15) is 0 Å². The van der Waals surface area contributed by atoms with Crippen LogP contribution in [0.1, 0.15) is 35.6 Å². The van der Waals surface area contributed by atoms with Crippen molar-refractivity contribution in [1.82, 2.24) is 10.2 Å². The summed E-state index contributed by atoms with van der Waals surface area (Å²) in [6, 6.07) is 4.88. The van der Waals surface area contributed by atoms with Crippen molar-refractivity contribution in [3.8, 4) is 5.75 Å². The van der Waals surface area contributed by atoms with Crippen molar-refractivity contribution < 1.29 is 9.47 Å². The Morgan fingerprint density at radius 1 is 1.18 bits per heavy atom. The lowest BCUT2D eigenvalue weighted by Gasteiger charge is -2.30. The van der Waals surface area contributed by atoms with Crippen molar-refractivity contribution >= 4 is 0 Å². The van der Waals surface area contributed by atoms with Crippen molar-refractivity contribution in [1.29, 1.82) is 0 Å². The molecule has 0 saturated carbocycles. The predicted molar refractivity (Wildman–Crippen MR) is 88.6 cm³/mol. The second-order valence-electron chi connectivity index (χ2n) is 6.38. The molecule has 2 aliphatic heterocycles. The standard InChI is InChI=1S/C18H28N2O2/c1-14-4-5-16-17(6-11-22-18(16)15(14)2)19-7-3-8-20-9-12-21-13-10-20/h4-5,17,19H,3,6-13H2,1-2H3. The summed E-state index contributed by atoms with van der Waals surface area (Å²) in [5.41, 5.74) is 3.93. The number of hydrogen-bond acceptors (Lipinski definition) is 4. The zero-order valence-electron chi connectivity index (χ0n) is 13.9. The minimum Gasteiger partial charge on any atom is -0.493 e. The van der Waals surface area contributed by atoms with Crippen LogP contribution in [0.4, 0.5) is 0 Å². The third-order valence-corrected chi connectivity index (χ3v) is 4.88. The average molecular weight is 304 g/mol. The van der Waals surface area contributed by atoms with E-state index in [1.165, 1.54) is 29.7 Å². The summed E-state index contributed by atoms with van der Waals surface area (Å²) in [6.07, 6.45) is 2.25. The fourth-order valence-corrected chi connectivity index (χ4v) is 3.33. The molecule has 0 aliphatic carbocycles. The Morgan fingerprint density at radius 3 is 2.82 bits per heavy atom. The van der Waals surface area contributed by atoms with Crippen LogP contribution < -0.4 is 10.1 Å². The lowest BCUT2D eigenvalue weighted by atomic mass is 9.95. The van der Waals surface area contributed by atoms with E-state index >= 15 is 0 Å². The lowest BCUT2D eigenvalue weighted by molar-refractivity contribution is 0.0373. The molecule has 2 heterocycles. The van der Waals surface area contributed by atoms with Crippen molar-refractivity contribution in [3.63, 3.8) is 0 Å². The molecule has 4 heteroatoms. The first-order chi connectivity index (χ1) is 10.8. The van der Waals surface area contributed by atoms with Crippen molar-refractivity contribution in [3.05, 3.63) is 28.8 Å². The topological polar surface area (TPSA) is 33.7 Å². The van der Waals surface area contributed by atoms with Gasteiger partial charge in [-0.25, -0.2) is 0 Å². The van der Waals surface area contributed by atoms with E-state index in [-0.39, 0.29) is 0 Å². The molecule has 1 atom stereocenters. The average Bonchev–Trinajstić information content (AvgIpc) is 2.56. The van der Waals surface area contributed by atoms with E-state index in [1.807, 2.05) is 0 Å². The van der Waals surface area contributed by atoms with E-state index in [4.69, 9.17) is 9.47 Å². The number of morpholine rings is 1. The van der Waals surface area contributed by atoms with Gasteiger partial charge in [0.2, 0.25) is 0 Å². The van der Waals surface area contributed by atoms with Crippen LogP contribution in [0.15, 0.2) is 12.1 Å². The van der Waals surface area contributed by atoms with Crippen LogP contribution in [0, 0.1) is 13.8 Å². The lowest BCUT2D eigenvalue weighted by Crippen LogP contribution is -2.38. The van der Waals surface area contributed by atoms with E-state index < -0.39 is 0 Å². The highest BCUT2D eigenvalue weighted by Crippen LogP contribution is 2.36. The minimum atomic E-state index is 0.438. The zero-order valence-corrected chi connectivity index (χ0v) is 13.9. The first kappa shape index (κ1) is 15.8. The molecular weight excluding hydrogens is 276 g/mol. The second-order valence-corrected chi connectivity index (χ2v) is 6.38. The molecule has 4 nitrogen and oxygen atoms in total. The van der Waals surface area contributed by atoms with Crippen LogP contribution in [0.25, 0.3) is 0 Å². The first-order valence-corrected chi connectivity index (χ1v) is 8.52. The van der Waals surface area contributed by atoms with E-state index in [2.05, 4.69) is 36.2 Å². The molecule has 2 aliphatic rings. The monoisotopic (exact) mass is 304 g/mol. The van der Waals surface area contributed by atoms with Crippen molar-refractivity contribution in [2.45, 2.75) is 32.7 Å². The van der Waals surface area contributed by atoms with Gasteiger partial charge in [-0.15, -0.1) is 0 Å². The van der Waals surface area contributed by atoms with Crippen LogP contribution >= 0.6 is 0 Å². The number of ether oxygens (including phenoxy) is 2. The summed E-state index contributed by atoms with van der Waals surface area (Å²) in [5, 5.41) is 3.73. The van der Waals surface area contributed by atoms with Gasteiger partial charge in [-0.05, 0) is 44.5 Å². The van der Waals surface area contributed by atoms with E-state index in [9.17, 15) is 0 Å². The smallest absolute Gasteiger partial charge is 0.127 e. The number of aryl methyl sites for hydroxylation is 1. The summed E-state index contributed by atoms with van der Waals surface area (Å²) < 4.78 is 11.3. The number of hydrogen-bond donors (Lipinski definition) is 1. The largest absolute Gasteiger partial charge is 0.493 e. The number of nitrogens with zero attached hydrogens (tertiary/aromatic N) is 1. The van der Waals surface area contributed by atoms with Crippen molar-refractivity contribution in [2.24, 2.45) is 0 Å². The third-order valence-electron chi connectivity index (χ3n) is 4.88. The number of fused-ring (bicyclic) bond motifs is 1. The summed E-state index contributed by atoms with van der Waals surface area (Å²) in [6.45, 7) is 11.3. The highest BCUT2D eigenvalue weighted by atomic mass is 16.5. The Kier molecular flexibility index (Phi) is 5.34. The van der Waals surface area contributed by atoms with Crippen molar-refractivity contribution in [2.75, 3.05) is 46.0 Å². The molecule has 0 bridgehead atoms. The fourth-order valence-electron chi connectivity index (χ4n) is 3.33. The van der Waals surface area contributed by atoms with Crippen LogP contribution in [-0.2, 0) is 4.74 Å².